The molecule has 1 atom stereocenters. The number of thiazole rings is 1. The fraction of sp³-hybridized carbons (Fsp3) is 0.312. The van der Waals surface area contributed by atoms with E-state index in [0.717, 1.165) is 22.7 Å². The highest BCUT2D eigenvalue weighted by molar-refractivity contribution is 8.00. The third kappa shape index (κ3) is 3.73. The van der Waals surface area contributed by atoms with Gasteiger partial charge in [-0.05, 0) is 23.3 Å². The molecule has 7 heteroatoms. The van der Waals surface area contributed by atoms with Gasteiger partial charge in [0, 0.05) is 18.3 Å². The van der Waals surface area contributed by atoms with Crippen LogP contribution in [0.5, 0.6) is 0 Å². The molecular formula is C16H16N2O3S2. The van der Waals surface area contributed by atoms with Crippen LogP contribution < -0.4 is 5.32 Å². The normalized spacial score (nSPS) is 16.6. The van der Waals surface area contributed by atoms with E-state index in [1.54, 1.807) is 11.8 Å². The van der Waals surface area contributed by atoms with Gasteiger partial charge in [-0.15, -0.1) is 23.1 Å². The average molecular weight is 348 g/mol. The Labute approximate surface area is 142 Å². The first-order valence-electron chi connectivity index (χ1n) is 7.30. The number of carbonyl (C=O) groups excluding carboxylic acids is 1. The van der Waals surface area contributed by atoms with Gasteiger partial charge in [-0.3, -0.25) is 4.79 Å². The topological polar surface area (TPSA) is 79.3 Å². The molecule has 3 rings (SSSR count). The van der Waals surface area contributed by atoms with E-state index in [-0.39, 0.29) is 16.9 Å². The Morgan fingerprint density at radius 2 is 2.17 bits per heavy atom. The van der Waals surface area contributed by atoms with Gasteiger partial charge in [0.25, 0.3) is 0 Å². The summed E-state index contributed by atoms with van der Waals surface area (Å²) in [5.41, 5.74) is 2.41. The number of aromatic carboxylic acids is 1. The molecule has 1 aliphatic heterocycles. The lowest BCUT2D eigenvalue weighted by Crippen LogP contribution is -2.31. The number of nitrogens with zero attached hydrogens (tertiary/aromatic N) is 1. The monoisotopic (exact) mass is 348 g/mol. The maximum atomic E-state index is 12.4. The van der Waals surface area contributed by atoms with E-state index in [0.29, 0.717) is 13.0 Å². The van der Waals surface area contributed by atoms with Gasteiger partial charge in [0.15, 0.2) is 5.69 Å². The van der Waals surface area contributed by atoms with Crippen molar-refractivity contribution in [1.82, 2.24) is 10.3 Å². The van der Waals surface area contributed by atoms with Crippen molar-refractivity contribution in [1.29, 1.82) is 0 Å². The van der Waals surface area contributed by atoms with Gasteiger partial charge in [-0.2, -0.15) is 0 Å². The van der Waals surface area contributed by atoms with Gasteiger partial charge in [-0.1, -0.05) is 24.3 Å². The predicted octanol–water partition coefficient (Wildman–Crippen LogP) is 2.53. The Kier molecular flexibility index (Phi) is 4.97. The molecule has 120 valence electrons. The number of carboxylic acid groups (broad SMARTS) is 1. The molecule has 2 N–H and O–H groups in total. The third-order valence-electron chi connectivity index (χ3n) is 3.64. The lowest BCUT2D eigenvalue weighted by molar-refractivity contribution is -0.120. The fourth-order valence-corrected chi connectivity index (χ4v) is 4.51. The number of aryl methyl sites for hydroxylation is 1. The molecule has 1 aromatic heterocycles. The number of fused-ring (bicyclic) bond motifs is 1. The summed E-state index contributed by atoms with van der Waals surface area (Å²) in [5, 5.41) is 13.9. The van der Waals surface area contributed by atoms with Crippen molar-refractivity contribution in [2.75, 3.05) is 12.3 Å². The van der Waals surface area contributed by atoms with Gasteiger partial charge < -0.3 is 10.4 Å². The molecule has 1 aliphatic rings. The number of nitrogens with one attached hydrogen (secondary N) is 1. The molecule has 0 bridgehead atoms. The molecule has 0 radical (unpaired) electrons. The summed E-state index contributed by atoms with van der Waals surface area (Å²) in [5.74, 6) is -0.0623. The van der Waals surface area contributed by atoms with Crippen LogP contribution in [0.2, 0.25) is 0 Å². The summed E-state index contributed by atoms with van der Waals surface area (Å²) in [7, 11) is 0. The van der Waals surface area contributed by atoms with E-state index in [1.165, 1.54) is 22.3 Å². The van der Waals surface area contributed by atoms with Crippen LogP contribution in [0.4, 0.5) is 0 Å². The molecule has 5 nitrogen and oxygen atoms in total. The maximum absolute atomic E-state index is 12.4. The smallest absolute Gasteiger partial charge is 0.355 e. The van der Waals surface area contributed by atoms with Gasteiger partial charge >= 0.3 is 5.97 Å². The van der Waals surface area contributed by atoms with E-state index in [4.69, 9.17) is 5.11 Å². The minimum absolute atomic E-state index is 0.0113. The Balaban J connectivity index is 1.57. The zero-order valence-corrected chi connectivity index (χ0v) is 14.0. The number of benzene rings is 1. The van der Waals surface area contributed by atoms with Crippen molar-refractivity contribution in [3.8, 4) is 0 Å². The zero-order chi connectivity index (χ0) is 16.2. The Morgan fingerprint density at radius 1 is 1.35 bits per heavy atom. The first kappa shape index (κ1) is 16.0. The predicted molar refractivity (Wildman–Crippen MR) is 91.1 cm³/mol. The third-order valence-corrected chi connectivity index (χ3v) is 5.79. The maximum Gasteiger partial charge on any atom is 0.355 e. The molecule has 23 heavy (non-hydrogen) atoms. The summed E-state index contributed by atoms with van der Waals surface area (Å²) in [6.45, 7) is 0.463. The average Bonchev–Trinajstić information content (AvgIpc) is 3.03. The highest BCUT2D eigenvalue weighted by Crippen LogP contribution is 2.36. The quantitative estimate of drug-likeness (QED) is 0.868. The van der Waals surface area contributed by atoms with Crippen LogP contribution in [0.25, 0.3) is 0 Å². The van der Waals surface area contributed by atoms with E-state index in [9.17, 15) is 9.59 Å². The van der Waals surface area contributed by atoms with Crippen LogP contribution in [0.1, 0.15) is 31.9 Å². The standard InChI is InChI=1S/C16H16N2O3S2/c19-15(14-11-4-2-1-3-10(11)6-8-22-14)17-7-5-13-18-12(9-23-13)16(20)21/h1-4,9,14H,5-8H2,(H,17,19)(H,20,21). The number of rotatable bonds is 5. The summed E-state index contributed by atoms with van der Waals surface area (Å²) < 4.78 is 0. The number of thioether (sulfide) groups is 1. The largest absolute Gasteiger partial charge is 0.476 e. The number of hydrogen-bond acceptors (Lipinski definition) is 5. The summed E-state index contributed by atoms with van der Waals surface area (Å²) in [4.78, 5) is 27.2. The molecule has 1 amide bonds. The van der Waals surface area contributed by atoms with Crippen molar-refractivity contribution in [3.05, 3.63) is 51.5 Å². The summed E-state index contributed by atoms with van der Waals surface area (Å²) in [6.07, 6.45) is 1.55. The number of amides is 1. The molecule has 2 heterocycles. The second kappa shape index (κ2) is 7.14. The zero-order valence-electron chi connectivity index (χ0n) is 12.3. The van der Waals surface area contributed by atoms with Crippen LogP contribution >= 0.6 is 23.1 Å². The van der Waals surface area contributed by atoms with Crippen molar-refractivity contribution in [2.24, 2.45) is 0 Å². The first-order valence-corrected chi connectivity index (χ1v) is 9.23. The molecule has 0 saturated heterocycles. The van der Waals surface area contributed by atoms with E-state index >= 15 is 0 Å². The SMILES string of the molecule is O=C(O)c1csc(CCNC(=O)C2SCCc3ccccc32)n1. The number of hydrogen-bond donors (Lipinski definition) is 2. The van der Waals surface area contributed by atoms with Crippen LogP contribution in [-0.2, 0) is 17.6 Å². The van der Waals surface area contributed by atoms with Crippen LogP contribution in [0, 0.1) is 0 Å². The minimum atomic E-state index is -1.02. The number of carbonyl (C=O) groups is 2. The molecule has 0 spiro atoms. The van der Waals surface area contributed by atoms with Crippen molar-refractivity contribution >= 4 is 35.0 Å². The van der Waals surface area contributed by atoms with E-state index in [1.807, 2.05) is 18.2 Å². The second-order valence-electron chi connectivity index (χ2n) is 5.17. The van der Waals surface area contributed by atoms with Crippen molar-refractivity contribution in [3.63, 3.8) is 0 Å². The lowest BCUT2D eigenvalue weighted by atomic mass is 10.0. The number of carboxylic acids is 1. The Morgan fingerprint density at radius 3 is 2.96 bits per heavy atom. The molecule has 2 aromatic rings. The van der Waals surface area contributed by atoms with Crippen LogP contribution in [0.15, 0.2) is 29.6 Å². The van der Waals surface area contributed by atoms with Crippen molar-refractivity contribution in [2.45, 2.75) is 18.1 Å². The molecule has 1 unspecified atom stereocenters. The summed E-state index contributed by atoms with van der Waals surface area (Å²) in [6, 6.07) is 8.07. The molecule has 1 aromatic carbocycles. The Bertz CT molecular complexity index is 730. The number of aromatic nitrogens is 1. The van der Waals surface area contributed by atoms with Crippen molar-refractivity contribution < 1.29 is 14.7 Å². The first-order chi connectivity index (χ1) is 11.1. The highest BCUT2D eigenvalue weighted by atomic mass is 32.2. The highest BCUT2D eigenvalue weighted by Gasteiger charge is 2.26. The van der Waals surface area contributed by atoms with Gasteiger partial charge in [0.1, 0.15) is 5.25 Å². The van der Waals surface area contributed by atoms with E-state index < -0.39 is 5.97 Å². The molecule has 0 saturated carbocycles. The van der Waals surface area contributed by atoms with E-state index in [2.05, 4.69) is 16.4 Å². The summed E-state index contributed by atoms with van der Waals surface area (Å²) >= 11 is 2.97. The molecule has 0 fully saturated rings. The second-order valence-corrected chi connectivity index (χ2v) is 7.33. The molecule has 0 aliphatic carbocycles. The van der Waals surface area contributed by atoms with Gasteiger partial charge in [0.2, 0.25) is 5.91 Å². The van der Waals surface area contributed by atoms with Gasteiger partial charge in [0.05, 0.1) is 5.01 Å². The minimum Gasteiger partial charge on any atom is -0.476 e. The lowest BCUT2D eigenvalue weighted by Gasteiger charge is -2.24. The van der Waals surface area contributed by atoms with Crippen LogP contribution in [-0.4, -0.2) is 34.3 Å². The molecular weight excluding hydrogens is 332 g/mol. The Hall–Kier alpha value is -1.86. The fourth-order valence-electron chi connectivity index (χ4n) is 2.52. The van der Waals surface area contributed by atoms with Crippen LogP contribution in [0.3, 0.4) is 0 Å². The van der Waals surface area contributed by atoms with Gasteiger partial charge in [-0.25, -0.2) is 9.78 Å².